The number of hydrogen-bond donors (Lipinski definition) is 0. The van der Waals surface area contributed by atoms with Crippen molar-refractivity contribution in [3.8, 4) is 0 Å². The SMILES string of the molecule is O=C1C2=C(O[C@@H](C(=O)c3ccccc3)[C@@H]2c2ccc(F)cc2)c2ccccc21. The van der Waals surface area contributed by atoms with Crippen LogP contribution in [-0.4, -0.2) is 17.7 Å². The minimum absolute atomic E-state index is 0.136. The molecule has 2 atom stereocenters. The van der Waals surface area contributed by atoms with Crippen LogP contribution in [0.5, 0.6) is 0 Å². The molecule has 0 N–H and O–H groups in total. The first-order chi connectivity index (χ1) is 13.6. The van der Waals surface area contributed by atoms with E-state index in [1.807, 2.05) is 18.2 Å². The highest BCUT2D eigenvalue weighted by Gasteiger charge is 2.49. The van der Waals surface area contributed by atoms with Crippen molar-refractivity contribution in [3.05, 3.63) is 113 Å². The summed E-state index contributed by atoms with van der Waals surface area (Å²) in [7, 11) is 0. The second-order valence-corrected chi connectivity index (χ2v) is 6.92. The van der Waals surface area contributed by atoms with Crippen LogP contribution in [0.15, 0.2) is 84.4 Å². The zero-order chi connectivity index (χ0) is 19.3. The monoisotopic (exact) mass is 370 g/mol. The van der Waals surface area contributed by atoms with Crippen LogP contribution in [0.2, 0.25) is 0 Å². The highest BCUT2D eigenvalue weighted by Crippen LogP contribution is 2.49. The molecule has 0 amide bonds. The molecule has 3 nitrogen and oxygen atoms in total. The van der Waals surface area contributed by atoms with E-state index in [0.29, 0.717) is 33.6 Å². The molecule has 0 radical (unpaired) electrons. The summed E-state index contributed by atoms with van der Waals surface area (Å²) in [4.78, 5) is 26.3. The third kappa shape index (κ3) is 2.42. The molecule has 3 aromatic rings. The molecule has 28 heavy (non-hydrogen) atoms. The van der Waals surface area contributed by atoms with E-state index in [0.717, 1.165) is 0 Å². The Balaban J connectivity index is 1.64. The van der Waals surface area contributed by atoms with E-state index >= 15 is 0 Å². The third-order valence-electron chi connectivity index (χ3n) is 5.31. The van der Waals surface area contributed by atoms with Crippen LogP contribution < -0.4 is 0 Å². The normalized spacial score (nSPS) is 20.0. The molecular formula is C24H15FO3. The maximum atomic E-state index is 13.5. The Kier molecular flexibility index (Phi) is 3.72. The number of fused-ring (bicyclic) bond motifs is 2. The minimum Gasteiger partial charge on any atom is -0.480 e. The summed E-state index contributed by atoms with van der Waals surface area (Å²) in [6, 6.07) is 22.0. The van der Waals surface area contributed by atoms with Gasteiger partial charge in [-0.2, -0.15) is 0 Å². The van der Waals surface area contributed by atoms with Gasteiger partial charge in [-0.3, -0.25) is 9.59 Å². The van der Waals surface area contributed by atoms with Gasteiger partial charge in [-0.15, -0.1) is 0 Å². The summed E-state index contributed by atoms with van der Waals surface area (Å²) in [6.07, 6.45) is -0.866. The molecule has 136 valence electrons. The predicted octanol–water partition coefficient (Wildman–Crippen LogP) is 4.80. The van der Waals surface area contributed by atoms with Crippen molar-refractivity contribution in [1.82, 2.24) is 0 Å². The van der Waals surface area contributed by atoms with Gasteiger partial charge in [0.2, 0.25) is 5.78 Å². The first-order valence-corrected chi connectivity index (χ1v) is 9.05. The van der Waals surface area contributed by atoms with Crippen LogP contribution in [-0.2, 0) is 4.74 Å². The summed E-state index contributed by atoms with van der Waals surface area (Å²) in [5, 5.41) is 0. The molecule has 0 saturated heterocycles. The molecular weight excluding hydrogens is 355 g/mol. The van der Waals surface area contributed by atoms with Crippen LogP contribution in [0, 0.1) is 5.82 Å². The van der Waals surface area contributed by atoms with Gasteiger partial charge in [-0.25, -0.2) is 4.39 Å². The van der Waals surface area contributed by atoms with E-state index in [-0.39, 0.29) is 17.4 Å². The van der Waals surface area contributed by atoms with E-state index in [1.54, 1.807) is 48.5 Å². The predicted molar refractivity (Wildman–Crippen MR) is 102 cm³/mol. The van der Waals surface area contributed by atoms with Crippen molar-refractivity contribution < 1.29 is 18.7 Å². The van der Waals surface area contributed by atoms with Crippen molar-refractivity contribution in [3.63, 3.8) is 0 Å². The summed E-state index contributed by atoms with van der Waals surface area (Å²) in [6.45, 7) is 0. The summed E-state index contributed by atoms with van der Waals surface area (Å²) in [5.74, 6) is -0.825. The molecule has 2 aliphatic rings. The third-order valence-corrected chi connectivity index (χ3v) is 5.31. The van der Waals surface area contributed by atoms with Crippen molar-refractivity contribution in [2.45, 2.75) is 12.0 Å². The average molecular weight is 370 g/mol. The zero-order valence-corrected chi connectivity index (χ0v) is 14.8. The number of rotatable bonds is 3. The van der Waals surface area contributed by atoms with Crippen LogP contribution in [0.1, 0.15) is 37.8 Å². The number of Topliss-reactive ketones (excluding diaryl/α,β-unsaturated/α-hetero) is 2. The van der Waals surface area contributed by atoms with Crippen molar-refractivity contribution in [2.24, 2.45) is 0 Å². The van der Waals surface area contributed by atoms with Crippen molar-refractivity contribution in [2.75, 3.05) is 0 Å². The quantitative estimate of drug-likeness (QED) is 0.622. The van der Waals surface area contributed by atoms with Crippen molar-refractivity contribution >= 4 is 17.3 Å². The van der Waals surface area contributed by atoms with Crippen LogP contribution >= 0.6 is 0 Å². The van der Waals surface area contributed by atoms with Crippen LogP contribution in [0.3, 0.4) is 0 Å². The first kappa shape index (κ1) is 16.6. The van der Waals surface area contributed by atoms with Crippen LogP contribution in [0.4, 0.5) is 4.39 Å². The Bertz CT molecular complexity index is 1130. The lowest BCUT2D eigenvalue weighted by atomic mass is 9.83. The Morgan fingerprint density at radius 2 is 1.46 bits per heavy atom. The van der Waals surface area contributed by atoms with Gasteiger partial charge in [-0.1, -0.05) is 66.7 Å². The van der Waals surface area contributed by atoms with Gasteiger partial charge in [0.1, 0.15) is 11.6 Å². The van der Waals surface area contributed by atoms with E-state index in [1.165, 1.54) is 12.1 Å². The lowest BCUT2D eigenvalue weighted by Gasteiger charge is -2.22. The largest absolute Gasteiger partial charge is 0.480 e. The van der Waals surface area contributed by atoms with Gasteiger partial charge in [0.25, 0.3) is 0 Å². The maximum Gasteiger partial charge on any atom is 0.204 e. The maximum absolute atomic E-state index is 13.5. The molecule has 3 aromatic carbocycles. The van der Waals surface area contributed by atoms with E-state index in [2.05, 4.69) is 0 Å². The molecule has 0 aromatic heterocycles. The van der Waals surface area contributed by atoms with Gasteiger partial charge < -0.3 is 4.74 Å². The first-order valence-electron chi connectivity index (χ1n) is 9.05. The molecule has 0 saturated carbocycles. The average Bonchev–Trinajstić information content (AvgIpc) is 3.25. The Labute approximate surface area is 161 Å². The highest BCUT2D eigenvalue weighted by molar-refractivity contribution is 6.22. The van der Waals surface area contributed by atoms with Gasteiger partial charge in [0.05, 0.1) is 11.5 Å². The number of carbonyl (C=O) groups excluding carboxylic acids is 2. The van der Waals surface area contributed by atoms with Gasteiger partial charge in [-0.05, 0) is 17.7 Å². The molecule has 0 bridgehead atoms. The number of halogens is 1. The number of benzene rings is 3. The van der Waals surface area contributed by atoms with Crippen LogP contribution in [0.25, 0.3) is 5.76 Å². The second-order valence-electron chi connectivity index (χ2n) is 6.92. The molecule has 5 rings (SSSR count). The lowest BCUT2D eigenvalue weighted by Crippen LogP contribution is -2.29. The fourth-order valence-corrected chi connectivity index (χ4v) is 4.01. The van der Waals surface area contributed by atoms with E-state index < -0.39 is 12.0 Å². The Hall–Kier alpha value is -3.53. The number of hydrogen-bond acceptors (Lipinski definition) is 3. The van der Waals surface area contributed by atoms with E-state index in [4.69, 9.17) is 4.74 Å². The number of ether oxygens (including phenoxy) is 1. The lowest BCUT2D eigenvalue weighted by molar-refractivity contribution is 0.0750. The topological polar surface area (TPSA) is 43.4 Å². The smallest absolute Gasteiger partial charge is 0.204 e. The van der Waals surface area contributed by atoms with Gasteiger partial charge >= 0.3 is 0 Å². The number of ketones is 2. The number of carbonyl (C=O) groups is 2. The Morgan fingerprint density at radius 1 is 0.821 bits per heavy atom. The van der Waals surface area contributed by atoms with E-state index in [9.17, 15) is 14.0 Å². The minimum atomic E-state index is -0.866. The molecule has 1 aliphatic heterocycles. The standard InChI is InChI=1S/C24H15FO3/c25-16-12-10-14(11-13-16)19-20-22(27)17-8-4-5-9-18(17)23(20)28-24(19)21(26)15-6-2-1-3-7-15/h1-13,19,24H/t19-,24-/m1/s1. The molecule has 1 heterocycles. The zero-order valence-electron chi connectivity index (χ0n) is 14.8. The van der Waals surface area contributed by atoms with Crippen molar-refractivity contribution in [1.29, 1.82) is 0 Å². The molecule has 0 spiro atoms. The fraction of sp³-hybridized carbons (Fsp3) is 0.0833. The molecule has 4 heteroatoms. The molecule has 1 aliphatic carbocycles. The summed E-state index contributed by atoms with van der Waals surface area (Å²) >= 11 is 0. The highest BCUT2D eigenvalue weighted by atomic mass is 19.1. The Morgan fingerprint density at radius 3 is 2.18 bits per heavy atom. The van der Waals surface area contributed by atoms with Gasteiger partial charge in [0, 0.05) is 16.7 Å². The molecule has 0 unspecified atom stereocenters. The summed E-state index contributed by atoms with van der Waals surface area (Å²) < 4.78 is 19.6. The van der Waals surface area contributed by atoms with Gasteiger partial charge in [0.15, 0.2) is 11.9 Å². The second kappa shape index (κ2) is 6.27. The summed E-state index contributed by atoms with van der Waals surface area (Å²) in [5.41, 5.74) is 2.95. The fourth-order valence-electron chi connectivity index (χ4n) is 4.01. The molecule has 0 fully saturated rings.